The Kier molecular flexibility index (Phi) is 9.07. The van der Waals surface area contributed by atoms with E-state index in [1.165, 1.54) is 23.4 Å². The smallest absolute Gasteiger partial charge is 0.326 e. The molecule has 6 rings (SSSR count). The molecule has 1 aromatic carbocycles. The molecule has 5 atom stereocenters. The molecule has 3 amide bonds. The summed E-state index contributed by atoms with van der Waals surface area (Å²) in [5.74, 6) is 0.281. The average Bonchev–Trinajstić information content (AvgIpc) is 3.86. The Labute approximate surface area is 267 Å². The summed E-state index contributed by atoms with van der Waals surface area (Å²) in [4.78, 5) is 46.5. The van der Waals surface area contributed by atoms with Gasteiger partial charge in [0.1, 0.15) is 25.1 Å². The molecule has 18 heteroatoms. The summed E-state index contributed by atoms with van der Waals surface area (Å²) < 4.78 is 4.76. The summed E-state index contributed by atoms with van der Waals surface area (Å²) in [5, 5.41) is 52.1. The molecule has 47 heavy (non-hydrogen) atoms. The Morgan fingerprint density at radius 1 is 0.957 bits per heavy atom. The average molecular weight is 647 g/mol. The lowest BCUT2D eigenvalue weighted by molar-refractivity contribution is -0.125. The number of aryl methyl sites for hydroxylation is 1. The van der Waals surface area contributed by atoms with Crippen LogP contribution in [0.2, 0.25) is 0 Å². The van der Waals surface area contributed by atoms with Crippen LogP contribution in [0, 0.1) is 0 Å². The van der Waals surface area contributed by atoms with Gasteiger partial charge in [0.15, 0.2) is 28.6 Å². The molecule has 5 aromatic rings. The molecule has 1 fully saturated rings. The molecule has 0 bridgehead atoms. The quantitative estimate of drug-likeness (QED) is 0.0910. The molecule has 0 saturated heterocycles. The van der Waals surface area contributed by atoms with Gasteiger partial charge in [0.2, 0.25) is 11.9 Å². The number of anilines is 3. The van der Waals surface area contributed by atoms with Gasteiger partial charge in [-0.2, -0.15) is 9.97 Å². The van der Waals surface area contributed by atoms with E-state index in [1.54, 1.807) is 28.7 Å². The summed E-state index contributed by atoms with van der Waals surface area (Å²) in [6, 6.07) is 7.03. The van der Waals surface area contributed by atoms with Crippen molar-refractivity contribution in [3.05, 3.63) is 67.3 Å². The largest absolute Gasteiger partial charge is 0.394 e. The fourth-order valence-electron chi connectivity index (χ4n) is 5.53. The van der Waals surface area contributed by atoms with Crippen LogP contribution in [-0.2, 0) is 18.3 Å². The molecule has 0 spiro atoms. The molecule has 0 radical (unpaired) electrons. The van der Waals surface area contributed by atoms with Crippen molar-refractivity contribution < 1.29 is 30.0 Å². The van der Waals surface area contributed by atoms with Gasteiger partial charge in [-0.15, -0.1) is 0 Å². The Hall–Kier alpha value is -5.43. The van der Waals surface area contributed by atoms with Crippen LogP contribution >= 0.6 is 0 Å². The molecule has 8 N–H and O–H groups in total. The summed E-state index contributed by atoms with van der Waals surface area (Å²) in [6.45, 7) is -0.980. The molecule has 1 aliphatic carbocycles. The zero-order valence-corrected chi connectivity index (χ0v) is 25.2. The highest BCUT2D eigenvalue weighted by atomic mass is 16.3. The number of nitrogens with one attached hydrogen (secondary N) is 4. The summed E-state index contributed by atoms with van der Waals surface area (Å²) in [6.07, 6.45) is 5.55. The van der Waals surface area contributed by atoms with Gasteiger partial charge in [0, 0.05) is 13.2 Å². The molecule has 4 heterocycles. The van der Waals surface area contributed by atoms with E-state index in [9.17, 15) is 24.9 Å². The van der Waals surface area contributed by atoms with Crippen LogP contribution in [0.1, 0.15) is 18.0 Å². The minimum absolute atomic E-state index is 0.124. The van der Waals surface area contributed by atoms with Crippen LogP contribution < -0.4 is 21.3 Å². The van der Waals surface area contributed by atoms with E-state index >= 15 is 0 Å². The first-order chi connectivity index (χ1) is 22.7. The number of aliphatic hydroxyl groups is 4. The number of imidazole rings is 3. The van der Waals surface area contributed by atoms with Crippen LogP contribution in [-0.4, -0.2) is 108 Å². The van der Waals surface area contributed by atoms with Crippen molar-refractivity contribution in [2.75, 3.05) is 29.2 Å². The second-order valence-electron chi connectivity index (χ2n) is 11.2. The minimum Gasteiger partial charge on any atom is -0.394 e. The predicted molar refractivity (Wildman–Crippen MR) is 168 cm³/mol. The van der Waals surface area contributed by atoms with Gasteiger partial charge in [-0.1, -0.05) is 30.3 Å². The van der Waals surface area contributed by atoms with E-state index in [-0.39, 0.29) is 36.3 Å². The summed E-state index contributed by atoms with van der Waals surface area (Å²) in [5.41, 5.74) is 1.61. The van der Waals surface area contributed by atoms with Crippen molar-refractivity contribution in [2.45, 2.75) is 43.2 Å². The van der Waals surface area contributed by atoms with E-state index in [1.807, 2.05) is 30.3 Å². The molecule has 1 aliphatic rings. The highest BCUT2D eigenvalue weighted by Crippen LogP contribution is 2.34. The van der Waals surface area contributed by atoms with Crippen molar-refractivity contribution >= 4 is 40.6 Å². The van der Waals surface area contributed by atoms with Gasteiger partial charge >= 0.3 is 6.03 Å². The van der Waals surface area contributed by atoms with Gasteiger partial charge < -0.3 is 40.2 Å². The van der Waals surface area contributed by atoms with Crippen molar-refractivity contribution in [3.8, 4) is 5.95 Å². The number of rotatable bonds is 11. The van der Waals surface area contributed by atoms with Crippen molar-refractivity contribution in [1.29, 1.82) is 0 Å². The minimum atomic E-state index is -1.31. The number of hydrogen-bond acceptors (Lipinski definition) is 12. The number of carbonyl (C=O) groups excluding carboxylic acids is 2. The number of urea groups is 1. The molecule has 1 saturated carbocycles. The maximum absolute atomic E-state index is 12.5. The third-order valence-corrected chi connectivity index (χ3v) is 7.80. The number of amides is 3. The van der Waals surface area contributed by atoms with E-state index in [4.69, 9.17) is 10.1 Å². The second-order valence-corrected chi connectivity index (χ2v) is 11.2. The maximum atomic E-state index is 12.5. The van der Waals surface area contributed by atoms with Crippen molar-refractivity contribution in [1.82, 2.24) is 43.9 Å². The van der Waals surface area contributed by atoms with Crippen molar-refractivity contribution in [3.63, 3.8) is 0 Å². The second kappa shape index (κ2) is 13.5. The number of benzene rings is 1. The zero-order chi connectivity index (χ0) is 33.1. The van der Waals surface area contributed by atoms with E-state index in [2.05, 4.69) is 41.2 Å². The Morgan fingerprint density at radius 2 is 1.70 bits per heavy atom. The molecule has 4 aromatic heterocycles. The Balaban J connectivity index is 1.33. The van der Waals surface area contributed by atoms with E-state index in [0.29, 0.717) is 17.8 Å². The number of hydrogen-bond donors (Lipinski definition) is 8. The summed E-state index contributed by atoms with van der Waals surface area (Å²) >= 11 is 0. The lowest BCUT2D eigenvalue weighted by atomic mass is 10.1. The number of aromatic nitrogens is 8. The molecule has 18 nitrogen and oxygen atoms in total. The van der Waals surface area contributed by atoms with Gasteiger partial charge in [0.25, 0.3) is 0 Å². The third-order valence-electron chi connectivity index (χ3n) is 7.80. The SMILES string of the molecule is Cn1cnc(NC(=O)Nc2cn(-c3nc(N[C@H](CO)Cc4ccccc4)c4ncn([C@@H]5C[C@H](NC(=O)CO)[C@@H](O)[C@H]5O)c4n3)cn2)c1. The van der Waals surface area contributed by atoms with Gasteiger partial charge in [-0.05, 0) is 18.4 Å². The van der Waals surface area contributed by atoms with Crippen LogP contribution in [0.4, 0.5) is 22.2 Å². The van der Waals surface area contributed by atoms with E-state index in [0.717, 1.165) is 5.56 Å². The standard InChI is InChI=1S/C29H34N12O6/c1-39-9-20(30-13-39)35-29(47)36-21-10-40(14-31-21)28-37-26(33-17(11-42)7-16-5-3-2-4-6-16)23-27(38-28)41(15-32-23)19-8-18(24(45)25(19)46)34-22(44)12-43/h2-6,9-10,13-15,17-19,24-25,42-43,45-46H,7-8,11-12H2,1H3,(H,34,44)(H,33,37,38)(H2,35,36,47)/t17-,18-,19+,24+,25-/m0/s1. The monoisotopic (exact) mass is 646 g/mol. The number of fused-ring (bicyclic) bond motifs is 1. The summed E-state index contributed by atoms with van der Waals surface area (Å²) in [7, 11) is 1.77. The van der Waals surface area contributed by atoms with Crippen LogP contribution in [0.25, 0.3) is 17.1 Å². The molecular formula is C29H34N12O6. The maximum Gasteiger partial charge on any atom is 0.326 e. The fourth-order valence-corrected chi connectivity index (χ4v) is 5.53. The first-order valence-electron chi connectivity index (χ1n) is 14.7. The zero-order valence-electron chi connectivity index (χ0n) is 25.2. The topological polar surface area (TPSA) is 242 Å². The van der Waals surface area contributed by atoms with Crippen LogP contribution in [0.5, 0.6) is 0 Å². The molecule has 0 unspecified atom stereocenters. The fraction of sp³-hybridized carbons (Fsp3) is 0.345. The first kappa shape index (κ1) is 31.5. The van der Waals surface area contributed by atoms with Gasteiger partial charge in [-0.25, -0.2) is 19.7 Å². The van der Waals surface area contributed by atoms with Crippen LogP contribution in [0.3, 0.4) is 0 Å². The van der Waals surface area contributed by atoms with E-state index < -0.39 is 48.9 Å². The molecule has 0 aliphatic heterocycles. The predicted octanol–water partition coefficient (Wildman–Crippen LogP) is -0.451. The number of carbonyl (C=O) groups is 2. The third kappa shape index (κ3) is 6.89. The Morgan fingerprint density at radius 3 is 2.40 bits per heavy atom. The first-order valence-corrected chi connectivity index (χ1v) is 14.7. The normalized spacial score (nSPS) is 19.9. The highest BCUT2D eigenvalue weighted by molar-refractivity contribution is 5.98. The van der Waals surface area contributed by atoms with Crippen LogP contribution in [0.15, 0.2) is 61.7 Å². The van der Waals surface area contributed by atoms with Gasteiger partial charge in [0.05, 0.1) is 43.6 Å². The lowest BCUT2D eigenvalue weighted by Crippen LogP contribution is -2.44. The Bertz CT molecular complexity index is 1860. The highest BCUT2D eigenvalue weighted by Gasteiger charge is 2.44. The molecule has 246 valence electrons. The number of nitrogens with zero attached hydrogens (tertiary/aromatic N) is 8. The number of aliphatic hydroxyl groups excluding tert-OH is 4. The van der Waals surface area contributed by atoms with Gasteiger partial charge in [-0.3, -0.25) is 20.0 Å². The molecular weight excluding hydrogens is 612 g/mol. The lowest BCUT2D eigenvalue weighted by Gasteiger charge is -2.20. The van der Waals surface area contributed by atoms with Crippen molar-refractivity contribution in [2.24, 2.45) is 7.05 Å².